The van der Waals surface area contributed by atoms with E-state index in [0.29, 0.717) is 6.42 Å². The van der Waals surface area contributed by atoms with Crippen molar-refractivity contribution in [3.05, 3.63) is 29.6 Å². The Morgan fingerprint density at radius 1 is 1.39 bits per heavy atom. The molecule has 102 valence electrons. The molecule has 1 aromatic carbocycles. The standard InChI is InChI=1S/C12H18FNO3S/c1-9(2)17-12-5-4-10(8-11(12)13)6-7-14-18(3,15)16/h4-5,8-9,14H,6-7H2,1-3H3. The first-order valence-corrected chi connectivity index (χ1v) is 7.57. The molecule has 1 aromatic rings. The SMILES string of the molecule is CC(C)Oc1ccc(CCNS(C)(=O)=O)cc1F. The van der Waals surface area contributed by atoms with Gasteiger partial charge >= 0.3 is 0 Å². The van der Waals surface area contributed by atoms with E-state index in [9.17, 15) is 12.8 Å². The van der Waals surface area contributed by atoms with Crippen LogP contribution in [-0.2, 0) is 16.4 Å². The first-order valence-electron chi connectivity index (χ1n) is 5.67. The predicted octanol–water partition coefficient (Wildman–Crippen LogP) is 1.70. The van der Waals surface area contributed by atoms with Gasteiger partial charge in [0.2, 0.25) is 10.0 Å². The maximum atomic E-state index is 13.6. The van der Waals surface area contributed by atoms with E-state index in [1.54, 1.807) is 12.1 Å². The lowest BCUT2D eigenvalue weighted by atomic mass is 10.1. The van der Waals surface area contributed by atoms with Crippen LogP contribution in [0.1, 0.15) is 19.4 Å². The van der Waals surface area contributed by atoms with Crippen molar-refractivity contribution in [3.63, 3.8) is 0 Å². The molecular weight excluding hydrogens is 257 g/mol. The minimum atomic E-state index is -3.20. The van der Waals surface area contributed by atoms with Crippen molar-refractivity contribution in [2.45, 2.75) is 26.4 Å². The third kappa shape index (κ3) is 5.46. The Kier molecular flexibility index (Phi) is 5.10. The Hall–Kier alpha value is -1.14. The molecule has 0 aliphatic heterocycles. The number of rotatable bonds is 6. The van der Waals surface area contributed by atoms with Crippen molar-refractivity contribution in [2.24, 2.45) is 0 Å². The van der Waals surface area contributed by atoms with E-state index in [-0.39, 0.29) is 18.4 Å². The molecule has 4 nitrogen and oxygen atoms in total. The van der Waals surface area contributed by atoms with Crippen molar-refractivity contribution < 1.29 is 17.5 Å². The summed E-state index contributed by atoms with van der Waals surface area (Å²) in [6.07, 6.45) is 1.44. The summed E-state index contributed by atoms with van der Waals surface area (Å²) in [5.41, 5.74) is 0.722. The van der Waals surface area contributed by atoms with Crippen LogP contribution in [0.2, 0.25) is 0 Å². The van der Waals surface area contributed by atoms with Gasteiger partial charge in [0.25, 0.3) is 0 Å². The van der Waals surface area contributed by atoms with E-state index >= 15 is 0 Å². The molecule has 0 saturated heterocycles. The summed E-state index contributed by atoms with van der Waals surface area (Å²) in [6.45, 7) is 3.90. The van der Waals surface area contributed by atoms with Crippen molar-refractivity contribution >= 4 is 10.0 Å². The van der Waals surface area contributed by atoms with Crippen LogP contribution in [0.4, 0.5) is 4.39 Å². The smallest absolute Gasteiger partial charge is 0.208 e. The van der Waals surface area contributed by atoms with Gasteiger partial charge in [-0.15, -0.1) is 0 Å². The summed E-state index contributed by atoms with van der Waals surface area (Å²) in [5, 5.41) is 0. The van der Waals surface area contributed by atoms with E-state index in [4.69, 9.17) is 4.74 Å². The highest BCUT2D eigenvalue weighted by molar-refractivity contribution is 7.88. The van der Waals surface area contributed by atoms with Crippen molar-refractivity contribution in [3.8, 4) is 5.75 Å². The van der Waals surface area contributed by atoms with Crippen molar-refractivity contribution in [2.75, 3.05) is 12.8 Å². The van der Waals surface area contributed by atoms with E-state index in [1.165, 1.54) is 6.07 Å². The maximum Gasteiger partial charge on any atom is 0.208 e. The minimum Gasteiger partial charge on any atom is -0.488 e. The molecule has 6 heteroatoms. The van der Waals surface area contributed by atoms with Gasteiger partial charge in [-0.05, 0) is 38.0 Å². The fraction of sp³-hybridized carbons (Fsp3) is 0.500. The molecule has 0 heterocycles. The Morgan fingerprint density at radius 3 is 2.56 bits per heavy atom. The van der Waals surface area contributed by atoms with Crippen LogP contribution in [0.25, 0.3) is 0 Å². The van der Waals surface area contributed by atoms with E-state index < -0.39 is 15.8 Å². The van der Waals surface area contributed by atoms with Gasteiger partial charge in [0.05, 0.1) is 12.4 Å². The molecule has 0 aliphatic rings. The second-order valence-corrected chi connectivity index (χ2v) is 6.18. The van der Waals surface area contributed by atoms with Crippen molar-refractivity contribution in [1.82, 2.24) is 4.72 Å². The fourth-order valence-corrected chi connectivity index (χ4v) is 1.90. The van der Waals surface area contributed by atoms with Gasteiger partial charge in [0.1, 0.15) is 0 Å². The number of halogens is 1. The zero-order valence-electron chi connectivity index (χ0n) is 10.7. The van der Waals surface area contributed by atoms with Crippen LogP contribution < -0.4 is 9.46 Å². The summed E-state index contributed by atoms with van der Waals surface area (Å²) >= 11 is 0. The molecule has 0 aromatic heterocycles. The molecule has 18 heavy (non-hydrogen) atoms. The van der Waals surface area contributed by atoms with Gasteiger partial charge in [-0.3, -0.25) is 0 Å². The largest absolute Gasteiger partial charge is 0.488 e. The lowest BCUT2D eigenvalue weighted by Crippen LogP contribution is -2.24. The summed E-state index contributed by atoms with van der Waals surface area (Å²) in [6, 6.07) is 4.65. The zero-order chi connectivity index (χ0) is 13.8. The Bertz CT molecular complexity index is 500. The number of hydrogen-bond donors (Lipinski definition) is 1. The van der Waals surface area contributed by atoms with Gasteiger partial charge in [0.15, 0.2) is 11.6 Å². The van der Waals surface area contributed by atoms with Crippen LogP contribution >= 0.6 is 0 Å². The predicted molar refractivity (Wildman–Crippen MR) is 68.7 cm³/mol. The van der Waals surface area contributed by atoms with E-state index in [2.05, 4.69) is 4.72 Å². The molecule has 1 rings (SSSR count). The van der Waals surface area contributed by atoms with Crippen LogP contribution in [0.15, 0.2) is 18.2 Å². The second kappa shape index (κ2) is 6.15. The highest BCUT2D eigenvalue weighted by atomic mass is 32.2. The lowest BCUT2D eigenvalue weighted by Gasteiger charge is -2.11. The topological polar surface area (TPSA) is 55.4 Å². The molecule has 1 N–H and O–H groups in total. The third-order valence-corrected chi connectivity index (χ3v) is 2.87. The number of hydrogen-bond acceptors (Lipinski definition) is 3. The summed E-state index contributed by atoms with van der Waals surface area (Å²) < 4.78 is 43.0. The van der Waals surface area contributed by atoms with Gasteiger partial charge < -0.3 is 4.74 Å². The van der Waals surface area contributed by atoms with Crippen LogP contribution in [0, 0.1) is 5.82 Å². The molecule has 0 aliphatic carbocycles. The molecule has 0 atom stereocenters. The van der Waals surface area contributed by atoms with Crippen LogP contribution in [-0.4, -0.2) is 27.3 Å². The first-order chi connectivity index (χ1) is 8.28. The number of ether oxygens (including phenoxy) is 1. The quantitative estimate of drug-likeness (QED) is 0.860. The molecule has 0 saturated carbocycles. The first kappa shape index (κ1) is 14.9. The minimum absolute atomic E-state index is 0.0859. The van der Waals surface area contributed by atoms with Gasteiger partial charge in [-0.1, -0.05) is 6.07 Å². The van der Waals surface area contributed by atoms with Gasteiger partial charge in [-0.2, -0.15) is 0 Å². The molecular formula is C12H18FNO3S. The van der Waals surface area contributed by atoms with Gasteiger partial charge in [0, 0.05) is 6.54 Å². The Labute approximate surface area is 107 Å². The molecule has 0 unspecified atom stereocenters. The molecule has 0 bridgehead atoms. The average Bonchev–Trinajstić information content (AvgIpc) is 2.19. The molecule has 0 spiro atoms. The van der Waals surface area contributed by atoms with Gasteiger partial charge in [-0.25, -0.2) is 17.5 Å². The highest BCUT2D eigenvalue weighted by Gasteiger charge is 2.07. The summed E-state index contributed by atoms with van der Waals surface area (Å²) in [5.74, 6) is -0.217. The second-order valence-electron chi connectivity index (χ2n) is 4.35. The summed E-state index contributed by atoms with van der Waals surface area (Å²) in [7, 11) is -3.20. The van der Waals surface area contributed by atoms with Crippen molar-refractivity contribution in [1.29, 1.82) is 0 Å². The van der Waals surface area contributed by atoms with E-state index in [1.807, 2.05) is 13.8 Å². The zero-order valence-corrected chi connectivity index (χ0v) is 11.6. The lowest BCUT2D eigenvalue weighted by molar-refractivity contribution is 0.231. The monoisotopic (exact) mass is 275 g/mol. The number of nitrogens with one attached hydrogen (secondary N) is 1. The highest BCUT2D eigenvalue weighted by Crippen LogP contribution is 2.19. The number of sulfonamides is 1. The molecule has 0 radical (unpaired) electrons. The number of benzene rings is 1. The van der Waals surface area contributed by atoms with Crippen LogP contribution in [0.5, 0.6) is 5.75 Å². The third-order valence-electron chi connectivity index (χ3n) is 2.14. The Morgan fingerprint density at radius 2 is 2.06 bits per heavy atom. The average molecular weight is 275 g/mol. The summed E-state index contributed by atoms with van der Waals surface area (Å²) in [4.78, 5) is 0. The molecule has 0 fully saturated rings. The van der Waals surface area contributed by atoms with Crippen LogP contribution in [0.3, 0.4) is 0 Å². The molecule has 0 amide bonds. The van der Waals surface area contributed by atoms with E-state index in [0.717, 1.165) is 11.8 Å². The fourth-order valence-electron chi connectivity index (χ4n) is 1.43. The normalized spacial score (nSPS) is 11.8. The Balaban J connectivity index is 2.61. The maximum absolute atomic E-state index is 13.6.